The Bertz CT molecular complexity index is 485. The maximum Gasteiger partial charge on any atom is 0.265 e. The minimum atomic E-state index is -0.449. The number of nitrogens with two attached hydrogens (primary N) is 1. The van der Waals surface area contributed by atoms with Gasteiger partial charge in [0, 0.05) is 32.2 Å². The summed E-state index contributed by atoms with van der Waals surface area (Å²) in [5.41, 5.74) is 5.87. The third-order valence-corrected chi connectivity index (χ3v) is 4.44. The number of nitrogen functional groups attached to an aromatic ring is 1. The lowest BCUT2D eigenvalue weighted by Crippen LogP contribution is -2.43. The second-order valence-electron chi connectivity index (χ2n) is 5.41. The van der Waals surface area contributed by atoms with E-state index in [-0.39, 0.29) is 17.8 Å². The van der Waals surface area contributed by atoms with Crippen molar-refractivity contribution in [1.82, 2.24) is 15.6 Å². The summed E-state index contributed by atoms with van der Waals surface area (Å²) in [6.45, 7) is 7.11. The second-order valence-corrected chi connectivity index (χ2v) is 6.38. The van der Waals surface area contributed by atoms with Crippen molar-refractivity contribution in [2.45, 2.75) is 32.4 Å². The lowest BCUT2D eigenvalue weighted by Gasteiger charge is -2.26. The van der Waals surface area contributed by atoms with Crippen LogP contribution in [0.1, 0.15) is 29.9 Å². The quantitative estimate of drug-likeness (QED) is 0.611. The summed E-state index contributed by atoms with van der Waals surface area (Å²) in [5, 5.41) is 16.2. The molecule has 0 bridgehead atoms. The zero-order valence-corrected chi connectivity index (χ0v) is 13.2. The summed E-state index contributed by atoms with van der Waals surface area (Å²) < 4.78 is 0. The molecule has 0 aromatic carbocycles. The molecule has 1 aliphatic rings. The van der Waals surface area contributed by atoms with Gasteiger partial charge in [0.1, 0.15) is 10.7 Å². The fourth-order valence-corrected chi connectivity index (χ4v) is 3.27. The van der Waals surface area contributed by atoms with Crippen molar-refractivity contribution in [3.05, 3.63) is 4.88 Å². The first-order chi connectivity index (χ1) is 9.97. The number of carbonyl (C=O) groups excluding carboxylic acids is 1. The van der Waals surface area contributed by atoms with E-state index in [4.69, 9.17) is 5.73 Å². The zero-order valence-electron chi connectivity index (χ0n) is 12.4. The molecule has 7 nitrogen and oxygen atoms in total. The van der Waals surface area contributed by atoms with Crippen LogP contribution in [0.3, 0.4) is 0 Å². The fourth-order valence-electron chi connectivity index (χ4n) is 2.33. The van der Waals surface area contributed by atoms with Gasteiger partial charge >= 0.3 is 0 Å². The van der Waals surface area contributed by atoms with Crippen molar-refractivity contribution in [2.24, 2.45) is 0 Å². The number of anilines is 2. The summed E-state index contributed by atoms with van der Waals surface area (Å²) >= 11 is 1.32. The van der Waals surface area contributed by atoms with Gasteiger partial charge in [-0.05, 0) is 20.3 Å². The molecule has 0 aliphatic carbocycles. The molecule has 2 atom stereocenters. The smallest absolute Gasteiger partial charge is 0.265 e. The van der Waals surface area contributed by atoms with Crippen LogP contribution < -0.4 is 21.3 Å². The summed E-state index contributed by atoms with van der Waals surface area (Å²) in [6, 6.07) is -0.110. The Balaban J connectivity index is 2.02. The van der Waals surface area contributed by atoms with E-state index in [2.05, 4.69) is 20.5 Å². The molecule has 2 unspecified atom stereocenters. The Morgan fingerprint density at radius 3 is 2.81 bits per heavy atom. The van der Waals surface area contributed by atoms with Gasteiger partial charge in [-0.1, -0.05) is 11.3 Å². The molecule has 1 aliphatic heterocycles. The molecule has 8 heteroatoms. The van der Waals surface area contributed by atoms with E-state index in [1.54, 1.807) is 6.92 Å². The Hall–Kier alpha value is -1.38. The maximum atomic E-state index is 12.2. The van der Waals surface area contributed by atoms with Crippen LogP contribution in [0.15, 0.2) is 0 Å². The number of hydrogen-bond acceptors (Lipinski definition) is 7. The number of aliphatic hydroxyl groups excluding tert-OH is 1. The van der Waals surface area contributed by atoms with E-state index in [0.29, 0.717) is 11.3 Å². The number of nitrogens with one attached hydrogen (secondary N) is 2. The largest absolute Gasteiger partial charge is 0.393 e. The van der Waals surface area contributed by atoms with Crippen molar-refractivity contribution in [1.29, 1.82) is 0 Å². The third-order valence-electron chi connectivity index (χ3n) is 3.31. The van der Waals surface area contributed by atoms with Crippen molar-refractivity contribution >= 4 is 28.2 Å². The second kappa shape index (κ2) is 7.06. The average Bonchev–Trinajstić information content (AvgIpc) is 2.81. The molecule has 1 amide bonds. The third kappa shape index (κ3) is 4.29. The monoisotopic (exact) mass is 313 g/mol. The number of amides is 1. The molecule has 0 radical (unpaired) electrons. The van der Waals surface area contributed by atoms with Crippen LogP contribution in [0.2, 0.25) is 0 Å². The summed E-state index contributed by atoms with van der Waals surface area (Å²) in [7, 11) is 0. The first kappa shape index (κ1) is 16.0. The molecule has 1 fully saturated rings. The fraction of sp³-hybridized carbons (Fsp3) is 0.692. The highest BCUT2D eigenvalue weighted by molar-refractivity contribution is 7.18. The number of thiazole rings is 1. The summed E-state index contributed by atoms with van der Waals surface area (Å²) in [5.74, 6) is 0.0508. The molecule has 1 saturated heterocycles. The number of hydrogen-bond donors (Lipinski definition) is 4. The molecule has 1 aromatic rings. The van der Waals surface area contributed by atoms with Gasteiger partial charge in [0.25, 0.3) is 5.91 Å². The Labute approximate surface area is 128 Å². The Kier molecular flexibility index (Phi) is 5.38. The molecule has 1 aromatic heterocycles. The van der Waals surface area contributed by atoms with Crippen LogP contribution in [0, 0.1) is 0 Å². The molecular formula is C13H23N5O2S. The van der Waals surface area contributed by atoms with Crippen molar-refractivity contribution in [3.63, 3.8) is 0 Å². The molecular weight excluding hydrogens is 290 g/mol. The van der Waals surface area contributed by atoms with Crippen LogP contribution in [0.4, 0.5) is 10.9 Å². The van der Waals surface area contributed by atoms with Gasteiger partial charge in [0.15, 0.2) is 5.13 Å². The number of rotatable bonds is 5. The summed E-state index contributed by atoms with van der Waals surface area (Å²) in [6.07, 6.45) is 0.0604. The van der Waals surface area contributed by atoms with Gasteiger partial charge in [-0.3, -0.25) is 4.79 Å². The van der Waals surface area contributed by atoms with Crippen LogP contribution in [-0.2, 0) is 0 Å². The van der Waals surface area contributed by atoms with Crippen molar-refractivity contribution < 1.29 is 9.90 Å². The maximum absolute atomic E-state index is 12.2. The standard InChI is InChI=1S/C13H23N5O2S/c1-8(7-9(2)19)16-12(20)10-11(14)17-13(21-10)18-5-3-15-4-6-18/h8-9,15,19H,3-7,14H2,1-2H3,(H,16,20). The summed E-state index contributed by atoms with van der Waals surface area (Å²) in [4.78, 5) is 19.1. The van der Waals surface area contributed by atoms with Gasteiger partial charge < -0.3 is 26.4 Å². The van der Waals surface area contributed by atoms with Crippen LogP contribution in [0.25, 0.3) is 0 Å². The number of piperazine rings is 1. The highest BCUT2D eigenvalue weighted by Crippen LogP contribution is 2.28. The molecule has 21 heavy (non-hydrogen) atoms. The number of aliphatic hydroxyl groups is 1. The first-order valence-electron chi connectivity index (χ1n) is 7.18. The Morgan fingerprint density at radius 1 is 1.52 bits per heavy atom. The molecule has 0 spiro atoms. The zero-order chi connectivity index (χ0) is 15.4. The SMILES string of the molecule is CC(O)CC(C)NC(=O)c1sc(N2CCNCC2)nc1N. The van der Waals surface area contributed by atoms with Crippen molar-refractivity contribution in [3.8, 4) is 0 Å². The van der Waals surface area contributed by atoms with Gasteiger partial charge in [0.2, 0.25) is 0 Å². The molecule has 0 saturated carbocycles. The van der Waals surface area contributed by atoms with Gasteiger partial charge in [-0.15, -0.1) is 0 Å². The van der Waals surface area contributed by atoms with Gasteiger partial charge in [-0.25, -0.2) is 4.98 Å². The van der Waals surface area contributed by atoms with Gasteiger partial charge in [-0.2, -0.15) is 0 Å². The first-order valence-corrected chi connectivity index (χ1v) is 8.00. The predicted molar refractivity (Wildman–Crippen MR) is 84.8 cm³/mol. The van der Waals surface area contributed by atoms with E-state index < -0.39 is 6.10 Å². The van der Waals surface area contributed by atoms with Crippen LogP contribution >= 0.6 is 11.3 Å². The van der Waals surface area contributed by atoms with E-state index >= 15 is 0 Å². The topological polar surface area (TPSA) is 104 Å². The van der Waals surface area contributed by atoms with Crippen LogP contribution in [0.5, 0.6) is 0 Å². The number of aromatic nitrogens is 1. The lowest BCUT2D eigenvalue weighted by atomic mass is 10.1. The predicted octanol–water partition coefficient (Wildman–Crippen LogP) is 0.0241. The van der Waals surface area contributed by atoms with E-state index in [1.807, 2.05) is 6.92 Å². The van der Waals surface area contributed by atoms with Gasteiger partial charge in [0.05, 0.1) is 6.10 Å². The number of nitrogens with zero attached hydrogens (tertiary/aromatic N) is 2. The average molecular weight is 313 g/mol. The highest BCUT2D eigenvalue weighted by Gasteiger charge is 2.21. The minimum Gasteiger partial charge on any atom is -0.393 e. The van der Waals surface area contributed by atoms with E-state index in [1.165, 1.54) is 11.3 Å². The molecule has 118 valence electrons. The number of carbonyl (C=O) groups is 1. The minimum absolute atomic E-state index is 0.110. The molecule has 5 N–H and O–H groups in total. The highest BCUT2D eigenvalue weighted by atomic mass is 32.1. The van der Waals surface area contributed by atoms with Crippen molar-refractivity contribution in [2.75, 3.05) is 36.8 Å². The molecule has 2 rings (SSSR count). The van der Waals surface area contributed by atoms with E-state index in [9.17, 15) is 9.90 Å². The van der Waals surface area contributed by atoms with E-state index in [0.717, 1.165) is 31.3 Å². The molecule has 2 heterocycles. The normalized spacial score (nSPS) is 18.3. The Morgan fingerprint density at radius 2 is 2.19 bits per heavy atom. The van der Waals surface area contributed by atoms with Crippen LogP contribution in [-0.4, -0.2) is 54.3 Å². The lowest BCUT2D eigenvalue weighted by molar-refractivity contribution is 0.0928.